The van der Waals surface area contributed by atoms with E-state index in [2.05, 4.69) is 9.27 Å². The molecule has 0 aromatic carbocycles. The molecule has 29 heavy (non-hydrogen) atoms. The highest BCUT2D eigenvalue weighted by molar-refractivity contribution is 7.03. The zero-order chi connectivity index (χ0) is 20.2. The number of carbonyl (C=O) groups is 1. The van der Waals surface area contributed by atoms with Crippen LogP contribution in [0.15, 0.2) is 34.6 Å². The van der Waals surface area contributed by atoms with Gasteiger partial charge in [-0.3, -0.25) is 19.1 Å². The minimum Gasteiger partial charge on any atom is -0.335 e. The number of alkyl halides is 2. The maximum atomic E-state index is 13.7. The molecule has 9 heteroatoms. The topological polar surface area (TPSA) is 58.4 Å². The van der Waals surface area contributed by atoms with Crippen LogP contribution in [0.5, 0.6) is 0 Å². The van der Waals surface area contributed by atoms with Crippen LogP contribution in [-0.4, -0.2) is 56.7 Å². The lowest BCUT2D eigenvalue weighted by Gasteiger charge is -2.47. The molecule has 0 unspecified atom stereocenters. The van der Waals surface area contributed by atoms with Crippen LogP contribution in [0.1, 0.15) is 36.1 Å². The summed E-state index contributed by atoms with van der Waals surface area (Å²) < 4.78 is 33.2. The van der Waals surface area contributed by atoms with Gasteiger partial charge in [0, 0.05) is 67.8 Å². The Balaban J connectivity index is 1.49. The van der Waals surface area contributed by atoms with E-state index in [1.54, 1.807) is 10.6 Å². The first-order chi connectivity index (χ1) is 13.9. The lowest BCUT2D eigenvalue weighted by molar-refractivity contribution is -0.138. The number of hydrogen-bond donors (Lipinski definition) is 0. The predicted octanol–water partition coefficient (Wildman–Crippen LogP) is 2.33. The number of fused-ring (bicyclic) bond motifs is 4. The summed E-state index contributed by atoms with van der Waals surface area (Å²) >= 11 is 1.41. The second-order valence-electron chi connectivity index (χ2n) is 8.39. The summed E-state index contributed by atoms with van der Waals surface area (Å²) in [5.74, 6) is -3.12. The maximum Gasteiger partial charge on any atom is 0.267 e. The Labute approximate surface area is 170 Å². The molecule has 2 bridgehead atoms. The SMILES string of the molecule is O=C([C@H]1[C@H]2C[C@H](CN(Cc3cnsc3)C2)c2cccc(=O)n21)N1CCC(F)(F)C1. The highest BCUT2D eigenvalue weighted by Crippen LogP contribution is 2.43. The Morgan fingerprint density at radius 1 is 1.31 bits per heavy atom. The molecule has 3 atom stereocenters. The van der Waals surface area contributed by atoms with E-state index in [1.165, 1.54) is 22.5 Å². The van der Waals surface area contributed by atoms with E-state index in [0.29, 0.717) is 6.54 Å². The summed E-state index contributed by atoms with van der Waals surface area (Å²) in [5.41, 5.74) is 1.74. The van der Waals surface area contributed by atoms with E-state index in [1.807, 2.05) is 17.6 Å². The zero-order valence-corrected chi connectivity index (χ0v) is 16.7. The summed E-state index contributed by atoms with van der Waals surface area (Å²) in [7, 11) is 0. The van der Waals surface area contributed by atoms with Crippen molar-refractivity contribution in [3.63, 3.8) is 0 Å². The Hall–Kier alpha value is -2.13. The van der Waals surface area contributed by atoms with Crippen LogP contribution < -0.4 is 5.56 Å². The van der Waals surface area contributed by atoms with Gasteiger partial charge in [-0.15, -0.1) is 0 Å². The number of halogens is 2. The van der Waals surface area contributed by atoms with E-state index in [0.717, 1.165) is 30.8 Å². The molecular formula is C20H22F2N4O2S. The molecule has 6 nitrogen and oxygen atoms in total. The van der Waals surface area contributed by atoms with Crippen molar-refractivity contribution in [1.29, 1.82) is 0 Å². The first-order valence-corrected chi connectivity index (χ1v) is 10.7. The molecule has 154 valence electrons. The molecule has 0 aliphatic carbocycles. The highest BCUT2D eigenvalue weighted by Gasteiger charge is 2.48. The Morgan fingerprint density at radius 3 is 2.90 bits per heavy atom. The fourth-order valence-electron chi connectivity index (χ4n) is 5.15. The fraction of sp³-hybridized carbons (Fsp3) is 0.550. The number of aromatic nitrogens is 2. The van der Waals surface area contributed by atoms with E-state index < -0.39 is 18.5 Å². The van der Waals surface area contributed by atoms with Crippen LogP contribution >= 0.6 is 11.5 Å². The number of rotatable bonds is 3. The lowest BCUT2D eigenvalue weighted by atomic mass is 9.78. The van der Waals surface area contributed by atoms with Gasteiger partial charge in [-0.05, 0) is 29.6 Å². The van der Waals surface area contributed by atoms with Gasteiger partial charge in [0.25, 0.3) is 11.5 Å². The van der Waals surface area contributed by atoms with Gasteiger partial charge < -0.3 is 4.90 Å². The minimum absolute atomic E-state index is 0.0414. The average Bonchev–Trinajstić information content (AvgIpc) is 3.31. The summed E-state index contributed by atoms with van der Waals surface area (Å²) in [6.45, 7) is 1.69. The molecule has 5 rings (SSSR count). The minimum atomic E-state index is -2.85. The second-order valence-corrected chi connectivity index (χ2v) is 9.05. The molecule has 0 saturated carbocycles. The molecule has 2 aromatic rings. The predicted molar refractivity (Wildman–Crippen MR) is 104 cm³/mol. The Morgan fingerprint density at radius 2 is 2.17 bits per heavy atom. The third-order valence-electron chi connectivity index (χ3n) is 6.35. The molecule has 3 aliphatic rings. The average molecular weight is 420 g/mol. The van der Waals surface area contributed by atoms with Crippen LogP contribution in [-0.2, 0) is 11.3 Å². The zero-order valence-electron chi connectivity index (χ0n) is 15.8. The van der Waals surface area contributed by atoms with Crippen LogP contribution in [0.3, 0.4) is 0 Å². The van der Waals surface area contributed by atoms with E-state index in [4.69, 9.17) is 0 Å². The van der Waals surface area contributed by atoms with Crippen LogP contribution in [0.25, 0.3) is 0 Å². The van der Waals surface area contributed by atoms with Crippen molar-refractivity contribution >= 4 is 17.4 Å². The van der Waals surface area contributed by atoms with Crippen LogP contribution in [0, 0.1) is 5.92 Å². The smallest absolute Gasteiger partial charge is 0.267 e. The quantitative estimate of drug-likeness (QED) is 0.765. The van der Waals surface area contributed by atoms with Gasteiger partial charge in [-0.1, -0.05) is 6.07 Å². The van der Waals surface area contributed by atoms with Gasteiger partial charge in [-0.2, -0.15) is 0 Å². The first-order valence-electron chi connectivity index (χ1n) is 9.90. The van der Waals surface area contributed by atoms with Crippen molar-refractivity contribution in [1.82, 2.24) is 18.7 Å². The molecule has 0 N–H and O–H groups in total. The Bertz CT molecular complexity index is 977. The molecule has 2 saturated heterocycles. The fourth-order valence-corrected chi connectivity index (χ4v) is 5.68. The van der Waals surface area contributed by atoms with Gasteiger partial charge in [0.05, 0.1) is 6.54 Å². The van der Waals surface area contributed by atoms with Gasteiger partial charge in [0.1, 0.15) is 6.04 Å². The molecule has 2 fully saturated rings. The molecule has 1 amide bonds. The number of piperidine rings is 1. The number of carbonyl (C=O) groups excluding carboxylic acids is 1. The normalized spacial score (nSPS) is 28.3. The maximum absolute atomic E-state index is 13.7. The molecule has 0 radical (unpaired) electrons. The van der Waals surface area contributed by atoms with Crippen molar-refractivity contribution < 1.29 is 13.6 Å². The monoisotopic (exact) mass is 420 g/mol. The van der Waals surface area contributed by atoms with Crippen molar-refractivity contribution in [2.75, 3.05) is 26.2 Å². The molecule has 5 heterocycles. The summed E-state index contributed by atoms with van der Waals surface area (Å²) in [4.78, 5) is 29.6. The summed E-state index contributed by atoms with van der Waals surface area (Å²) in [6, 6.07) is 4.36. The summed E-state index contributed by atoms with van der Waals surface area (Å²) in [5, 5.41) is 2.01. The summed E-state index contributed by atoms with van der Waals surface area (Å²) in [6.07, 6.45) is 2.33. The molecule has 3 aliphatic heterocycles. The van der Waals surface area contributed by atoms with Crippen molar-refractivity contribution in [2.24, 2.45) is 5.92 Å². The molecule has 2 aromatic heterocycles. The van der Waals surface area contributed by atoms with Crippen molar-refractivity contribution in [3.05, 3.63) is 51.4 Å². The number of pyridine rings is 1. The standard InChI is InChI=1S/C20H22F2N4O2S/c21-20(22)4-5-25(12-20)19(28)18-15-6-14(16-2-1-3-17(27)26(16)18)9-24(10-15)8-13-7-23-29-11-13/h1-3,7,11,14-15,18H,4-6,8-10,12H2/t14-,15+,18-/m1/s1. The van der Waals surface area contributed by atoms with Gasteiger partial charge in [0.15, 0.2) is 0 Å². The number of amides is 1. The third-order valence-corrected chi connectivity index (χ3v) is 6.98. The van der Waals surface area contributed by atoms with Gasteiger partial charge in [0.2, 0.25) is 5.91 Å². The Kier molecular flexibility index (Phi) is 4.54. The molecule has 0 spiro atoms. The molecular weight excluding hydrogens is 398 g/mol. The highest BCUT2D eigenvalue weighted by atomic mass is 32.1. The van der Waals surface area contributed by atoms with E-state index >= 15 is 0 Å². The first kappa shape index (κ1) is 18.9. The second kappa shape index (κ2) is 6.98. The van der Waals surface area contributed by atoms with E-state index in [-0.39, 0.29) is 36.3 Å². The van der Waals surface area contributed by atoms with Crippen molar-refractivity contribution in [3.8, 4) is 0 Å². The largest absolute Gasteiger partial charge is 0.335 e. The number of likely N-dealkylation sites (tertiary alicyclic amines) is 2. The van der Waals surface area contributed by atoms with Crippen LogP contribution in [0.4, 0.5) is 8.78 Å². The van der Waals surface area contributed by atoms with Crippen LogP contribution in [0.2, 0.25) is 0 Å². The van der Waals surface area contributed by atoms with E-state index in [9.17, 15) is 18.4 Å². The van der Waals surface area contributed by atoms with Gasteiger partial charge >= 0.3 is 0 Å². The number of hydrogen-bond acceptors (Lipinski definition) is 5. The van der Waals surface area contributed by atoms with Crippen molar-refractivity contribution in [2.45, 2.75) is 37.3 Å². The lowest BCUT2D eigenvalue weighted by Crippen LogP contribution is -2.53. The number of nitrogens with zero attached hydrogens (tertiary/aromatic N) is 4. The third kappa shape index (κ3) is 3.40. The van der Waals surface area contributed by atoms with Gasteiger partial charge in [-0.25, -0.2) is 13.2 Å².